The van der Waals surface area contributed by atoms with Crippen LogP contribution in [0, 0.1) is 5.82 Å². The second-order valence-electron chi connectivity index (χ2n) is 5.57. The fourth-order valence-electron chi connectivity index (χ4n) is 2.76. The lowest BCUT2D eigenvalue weighted by Gasteiger charge is -2.19. The first kappa shape index (κ1) is 14.6. The molecule has 0 unspecified atom stereocenters. The number of hydrogen-bond donors (Lipinski definition) is 1. The minimum atomic E-state index is -0.399. The van der Waals surface area contributed by atoms with Crippen molar-refractivity contribution in [3.8, 4) is 0 Å². The van der Waals surface area contributed by atoms with E-state index in [0.29, 0.717) is 0 Å². The Morgan fingerprint density at radius 2 is 1.82 bits per heavy atom. The average molecular weight is 298 g/mol. The molecule has 1 N–H and O–H groups in total. The van der Waals surface area contributed by atoms with Gasteiger partial charge in [-0.2, -0.15) is 0 Å². The van der Waals surface area contributed by atoms with Gasteiger partial charge >= 0.3 is 0 Å². The lowest BCUT2D eigenvalue weighted by molar-refractivity contribution is -0.115. The Hall–Kier alpha value is -2.36. The van der Waals surface area contributed by atoms with Crippen LogP contribution in [0.1, 0.15) is 18.4 Å². The molecule has 0 saturated carbocycles. The molecule has 1 fully saturated rings. The highest BCUT2D eigenvalue weighted by Crippen LogP contribution is 2.25. The quantitative estimate of drug-likeness (QED) is 0.935. The normalized spacial score (nSPS) is 14.1. The molecular weight excluding hydrogens is 279 g/mol. The average Bonchev–Trinajstić information content (AvgIpc) is 3.05. The first-order valence-corrected chi connectivity index (χ1v) is 7.60. The lowest BCUT2D eigenvalue weighted by atomic mass is 10.1. The van der Waals surface area contributed by atoms with Crippen molar-refractivity contribution in [3.05, 3.63) is 59.9 Å². The highest BCUT2D eigenvalue weighted by atomic mass is 19.1. The number of carbonyl (C=O) groups excluding carboxylic acids is 1. The van der Waals surface area contributed by atoms with Crippen molar-refractivity contribution in [2.45, 2.75) is 19.3 Å². The van der Waals surface area contributed by atoms with Crippen molar-refractivity contribution in [2.75, 3.05) is 23.3 Å². The van der Waals surface area contributed by atoms with Crippen molar-refractivity contribution in [2.24, 2.45) is 0 Å². The van der Waals surface area contributed by atoms with E-state index < -0.39 is 5.82 Å². The summed E-state index contributed by atoms with van der Waals surface area (Å²) < 4.78 is 13.9. The molecule has 0 radical (unpaired) electrons. The fraction of sp³-hybridized carbons (Fsp3) is 0.278. The van der Waals surface area contributed by atoms with Crippen LogP contribution in [0.5, 0.6) is 0 Å². The van der Waals surface area contributed by atoms with Gasteiger partial charge in [-0.25, -0.2) is 4.39 Å². The zero-order chi connectivity index (χ0) is 15.4. The van der Waals surface area contributed by atoms with E-state index in [4.69, 9.17) is 0 Å². The smallest absolute Gasteiger partial charge is 0.228 e. The Bertz CT molecular complexity index is 651. The Labute approximate surface area is 129 Å². The maximum absolute atomic E-state index is 13.9. The zero-order valence-corrected chi connectivity index (χ0v) is 12.4. The molecule has 2 aromatic rings. The maximum Gasteiger partial charge on any atom is 0.228 e. The Kier molecular flexibility index (Phi) is 4.37. The van der Waals surface area contributed by atoms with E-state index in [1.165, 1.54) is 6.07 Å². The minimum Gasteiger partial charge on any atom is -0.371 e. The number of carbonyl (C=O) groups is 1. The summed E-state index contributed by atoms with van der Waals surface area (Å²) in [6.07, 6.45) is 2.56. The molecule has 0 bridgehead atoms. The standard InChI is InChI=1S/C18H19FN2O/c19-16-9-8-15(21-10-4-5-11-21)13-17(16)20-18(22)12-14-6-2-1-3-7-14/h1-3,6-9,13H,4-5,10-12H2,(H,20,22). The zero-order valence-electron chi connectivity index (χ0n) is 12.4. The molecule has 3 nitrogen and oxygen atoms in total. The van der Waals surface area contributed by atoms with Gasteiger partial charge in [0.1, 0.15) is 5.82 Å². The summed E-state index contributed by atoms with van der Waals surface area (Å²) in [4.78, 5) is 14.3. The second-order valence-corrected chi connectivity index (χ2v) is 5.57. The number of hydrogen-bond acceptors (Lipinski definition) is 2. The van der Waals surface area contributed by atoms with Crippen molar-refractivity contribution in [1.82, 2.24) is 0 Å². The van der Waals surface area contributed by atoms with Gasteiger partial charge in [-0.15, -0.1) is 0 Å². The van der Waals surface area contributed by atoms with Crippen LogP contribution < -0.4 is 10.2 Å². The van der Waals surface area contributed by atoms with Gasteiger partial charge in [0.25, 0.3) is 0 Å². The predicted molar refractivity (Wildman–Crippen MR) is 86.6 cm³/mol. The molecule has 114 valence electrons. The third-order valence-corrected chi connectivity index (χ3v) is 3.90. The molecule has 0 spiro atoms. The molecule has 1 aliphatic rings. The first-order valence-electron chi connectivity index (χ1n) is 7.60. The van der Waals surface area contributed by atoms with Crippen LogP contribution in [-0.2, 0) is 11.2 Å². The van der Waals surface area contributed by atoms with Gasteiger partial charge in [0.15, 0.2) is 0 Å². The Morgan fingerprint density at radius 1 is 1.09 bits per heavy atom. The largest absolute Gasteiger partial charge is 0.371 e. The highest BCUT2D eigenvalue weighted by molar-refractivity contribution is 5.92. The van der Waals surface area contributed by atoms with E-state index in [0.717, 1.165) is 37.2 Å². The number of nitrogens with one attached hydrogen (secondary N) is 1. The maximum atomic E-state index is 13.9. The molecule has 0 atom stereocenters. The third kappa shape index (κ3) is 3.45. The number of rotatable bonds is 4. The highest BCUT2D eigenvalue weighted by Gasteiger charge is 2.15. The predicted octanol–water partition coefficient (Wildman–Crippen LogP) is 3.61. The number of anilines is 2. The number of benzene rings is 2. The molecule has 3 rings (SSSR count). The summed E-state index contributed by atoms with van der Waals surface area (Å²) in [5.41, 5.74) is 2.13. The lowest BCUT2D eigenvalue weighted by Crippen LogP contribution is -2.19. The molecule has 0 aromatic heterocycles. The van der Waals surface area contributed by atoms with Crippen molar-refractivity contribution < 1.29 is 9.18 Å². The molecule has 4 heteroatoms. The molecular formula is C18H19FN2O. The Balaban J connectivity index is 1.71. The van der Waals surface area contributed by atoms with Gasteiger partial charge in [-0.1, -0.05) is 30.3 Å². The molecule has 0 aliphatic carbocycles. The monoisotopic (exact) mass is 298 g/mol. The van der Waals surface area contributed by atoms with Crippen LogP contribution in [-0.4, -0.2) is 19.0 Å². The van der Waals surface area contributed by atoms with Crippen molar-refractivity contribution >= 4 is 17.3 Å². The molecule has 2 aromatic carbocycles. The van der Waals surface area contributed by atoms with Crippen LogP contribution in [0.15, 0.2) is 48.5 Å². The van der Waals surface area contributed by atoms with Gasteiger partial charge in [0.05, 0.1) is 12.1 Å². The van der Waals surface area contributed by atoms with E-state index in [-0.39, 0.29) is 18.0 Å². The summed E-state index contributed by atoms with van der Waals surface area (Å²) in [5.74, 6) is -0.604. The van der Waals surface area contributed by atoms with Gasteiger partial charge in [-0.05, 0) is 36.6 Å². The number of nitrogens with zero attached hydrogens (tertiary/aromatic N) is 1. The summed E-state index contributed by atoms with van der Waals surface area (Å²) >= 11 is 0. The summed E-state index contributed by atoms with van der Waals surface area (Å²) in [6, 6.07) is 14.4. The Morgan fingerprint density at radius 3 is 2.55 bits per heavy atom. The van der Waals surface area contributed by atoms with Crippen LogP contribution in [0.25, 0.3) is 0 Å². The van der Waals surface area contributed by atoms with E-state index in [2.05, 4.69) is 10.2 Å². The van der Waals surface area contributed by atoms with E-state index in [1.807, 2.05) is 30.3 Å². The molecule has 1 aliphatic heterocycles. The van der Waals surface area contributed by atoms with Crippen molar-refractivity contribution in [1.29, 1.82) is 0 Å². The van der Waals surface area contributed by atoms with Crippen LogP contribution in [0.3, 0.4) is 0 Å². The fourth-order valence-corrected chi connectivity index (χ4v) is 2.76. The van der Waals surface area contributed by atoms with E-state index >= 15 is 0 Å². The molecule has 1 heterocycles. The third-order valence-electron chi connectivity index (χ3n) is 3.90. The van der Waals surface area contributed by atoms with Crippen LogP contribution in [0.2, 0.25) is 0 Å². The van der Waals surface area contributed by atoms with Crippen molar-refractivity contribution in [3.63, 3.8) is 0 Å². The minimum absolute atomic E-state index is 0.205. The molecule has 22 heavy (non-hydrogen) atoms. The van der Waals surface area contributed by atoms with Crippen LogP contribution >= 0.6 is 0 Å². The summed E-state index contributed by atoms with van der Waals surface area (Å²) in [6.45, 7) is 1.98. The number of halogens is 1. The molecule has 1 amide bonds. The van der Waals surface area contributed by atoms with E-state index in [1.54, 1.807) is 12.1 Å². The topological polar surface area (TPSA) is 32.3 Å². The molecule has 1 saturated heterocycles. The van der Waals surface area contributed by atoms with E-state index in [9.17, 15) is 9.18 Å². The first-order chi connectivity index (χ1) is 10.7. The number of amides is 1. The van der Waals surface area contributed by atoms with Gasteiger partial charge < -0.3 is 10.2 Å². The summed E-state index contributed by atoms with van der Waals surface area (Å²) in [7, 11) is 0. The van der Waals surface area contributed by atoms with Crippen LogP contribution in [0.4, 0.5) is 15.8 Å². The van der Waals surface area contributed by atoms with Gasteiger partial charge in [0, 0.05) is 18.8 Å². The summed E-state index contributed by atoms with van der Waals surface area (Å²) in [5, 5.41) is 2.68. The second kappa shape index (κ2) is 6.60. The van der Waals surface area contributed by atoms with Gasteiger partial charge in [0.2, 0.25) is 5.91 Å². The SMILES string of the molecule is O=C(Cc1ccccc1)Nc1cc(N2CCCC2)ccc1F. The van der Waals surface area contributed by atoms with Gasteiger partial charge in [-0.3, -0.25) is 4.79 Å².